The first-order chi connectivity index (χ1) is 18.6. The van der Waals surface area contributed by atoms with Gasteiger partial charge in [-0.3, -0.25) is 14.4 Å². The first-order valence-electron chi connectivity index (χ1n) is 13.3. The van der Waals surface area contributed by atoms with E-state index in [1.54, 1.807) is 24.3 Å². The fourth-order valence-electron chi connectivity index (χ4n) is 6.76. The van der Waals surface area contributed by atoms with Crippen LogP contribution in [0.1, 0.15) is 65.5 Å². The second-order valence-corrected chi connectivity index (χ2v) is 12.4. The summed E-state index contributed by atoms with van der Waals surface area (Å²) in [6.07, 6.45) is 3.92. The molecule has 0 unspecified atom stereocenters. The lowest BCUT2D eigenvalue weighted by molar-refractivity contribution is -0.127. The molecule has 0 aromatic heterocycles. The van der Waals surface area contributed by atoms with E-state index in [2.05, 4.69) is 15.9 Å². The van der Waals surface area contributed by atoms with Crippen molar-refractivity contribution in [1.29, 1.82) is 0 Å². The standard InChI is InChI=1S/C33H30BrNO4/c1-5-39-25-13-9-8-12-23(25)27-28(31(38)32(2,3)4)35-24-16-15-20(34)18-19(24)14-17-26(35)33(27)29(36)21-10-6-7-11-22(21)30(33)37/h6-18,26-28H,5H2,1-4H3/t26-,27+,28+/m1/s1. The molecule has 3 atom stereocenters. The molecule has 3 aromatic rings. The Labute approximate surface area is 237 Å². The van der Waals surface area contributed by atoms with Gasteiger partial charge in [0.2, 0.25) is 0 Å². The molecule has 0 saturated carbocycles. The van der Waals surface area contributed by atoms with Crippen LogP contribution in [0, 0.1) is 10.8 Å². The lowest BCUT2D eigenvalue weighted by Crippen LogP contribution is -2.49. The minimum absolute atomic E-state index is 0.0265. The molecule has 1 spiro atoms. The number of fused-ring (bicyclic) bond motifs is 5. The summed E-state index contributed by atoms with van der Waals surface area (Å²) < 4.78 is 6.99. The van der Waals surface area contributed by atoms with Crippen molar-refractivity contribution in [3.63, 3.8) is 0 Å². The number of carbonyl (C=O) groups is 3. The third-order valence-electron chi connectivity index (χ3n) is 8.33. The van der Waals surface area contributed by atoms with Crippen LogP contribution in [0.15, 0.2) is 77.3 Å². The van der Waals surface area contributed by atoms with Gasteiger partial charge in [0, 0.05) is 38.2 Å². The largest absolute Gasteiger partial charge is 0.494 e. The Morgan fingerprint density at radius 3 is 2.26 bits per heavy atom. The van der Waals surface area contributed by atoms with Gasteiger partial charge < -0.3 is 9.64 Å². The van der Waals surface area contributed by atoms with Crippen LogP contribution in [-0.4, -0.2) is 36.0 Å². The molecule has 0 bridgehead atoms. The predicted octanol–water partition coefficient (Wildman–Crippen LogP) is 6.90. The third kappa shape index (κ3) is 3.53. The van der Waals surface area contributed by atoms with Gasteiger partial charge >= 0.3 is 0 Å². The van der Waals surface area contributed by atoms with E-state index in [0.29, 0.717) is 29.0 Å². The van der Waals surface area contributed by atoms with E-state index in [1.165, 1.54) is 0 Å². The van der Waals surface area contributed by atoms with Crippen molar-refractivity contribution < 1.29 is 19.1 Å². The Kier molecular flexibility index (Phi) is 5.96. The zero-order valence-corrected chi connectivity index (χ0v) is 24.0. The molecule has 0 radical (unpaired) electrons. The molecule has 5 nitrogen and oxygen atoms in total. The number of carbonyl (C=O) groups excluding carboxylic acids is 3. The number of Topliss-reactive ketones (excluding diaryl/α,β-unsaturated/α-hetero) is 3. The number of rotatable bonds is 4. The molecule has 6 heteroatoms. The van der Waals surface area contributed by atoms with E-state index in [1.807, 2.05) is 87.2 Å². The first kappa shape index (κ1) is 25.8. The van der Waals surface area contributed by atoms with Gasteiger partial charge in [0.15, 0.2) is 17.3 Å². The summed E-state index contributed by atoms with van der Waals surface area (Å²) in [6, 6.07) is 19.1. The number of ether oxygens (including phenoxy) is 1. The van der Waals surface area contributed by atoms with Crippen molar-refractivity contribution >= 4 is 45.0 Å². The predicted molar refractivity (Wildman–Crippen MR) is 156 cm³/mol. The quantitative estimate of drug-likeness (QED) is 0.313. The maximum absolute atomic E-state index is 14.7. The van der Waals surface area contributed by atoms with Gasteiger partial charge in [-0.2, -0.15) is 0 Å². The van der Waals surface area contributed by atoms with Gasteiger partial charge in [0.25, 0.3) is 0 Å². The molecule has 0 N–H and O–H groups in total. The van der Waals surface area contributed by atoms with Gasteiger partial charge in [-0.1, -0.05) is 91.3 Å². The number of benzene rings is 3. The first-order valence-corrected chi connectivity index (χ1v) is 14.1. The molecule has 198 valence electrons. The number of anilines is 1. The van der Waals surface area contributed by atoms with Crippen LogP contribution < -0.4 is 9.64 Å². The highest BCUT2D eigenvalue weighted by atomic mass is 79.9. The molecule has 6 rings (SSSR count). The van der Waals surface area contributed by atoms with E-state index in [-0.39, 0.29) is 17.3 Å². The average molecular weight is 585 g/mol. The van der Waals surface area contributed by atoms with Crippen LogP contribution in [0.4, 0.5) is 5.69 Å². The summed E-state index contributed by atoms with van der Waals surface area (Å²) in [7, 11) is 0. The Hall–Kier alpha value is -3.51. The SMILES string of the molecule is CCOc1ccccc1[C@H]1[C@@H](C(=O)C(C)(C)C)N2c3ccc(Br)cc3C=C[C@@H]2C12C(=O)c1ccccc1C2=O. The Morgan fingerprint density at radius 1 is 0.974 bits per heavy atom. The molecule has 0 amide bonds. The molecule has 39 heavy (non-hydrogen) atoms. The number of para-hydroxylation sites is 1. The van der Waals surface area contributed by atoms with E-state index in [0.717, 1.165) is 15.7 Å². The molecule has 1 aliphatic carbocycles. The fourth-order valence-corrected chi connectivity index (χ4v) is 7.14. The zero-order valence-electron chi connectivity index (χ0n) is 22.4. The lowest BCUT2D eigenvalue weighted by atomic mass is 9.63. The van der Waals surface area contributed by atoms with Gasteiger partial charge in [0.1, 0.15) is 11.2 Å². The van der Waals surface area contributed by atoms with E-state index >= 15 is 0 Å². The Balaban J connectivity index is 1.72. The normalized spacial score (nSPS) is 22.6. The van der Waals surface area contributed by atoms with Gasteiger partial charge in [-0.25, -0.2) is 0 Å². The molecule has 3 aromatic carbocycles. The topological polar surface area (TPSA) is 63.7 Å². The van der Waals surface area contributed by atoms with Crippen LogP contribution in [0.25, 0.3) is 6.08 Å². The summed E-state index contributed by atoms with van der Waals surface area (Å²) >= 11 is 3.57. The lowest BCUT2D eigenvalue weighted by Gasteiger charge is -2.38. The Bertz CT molecular complexity index is 1530. The summed E-state index contributed by atoms with van der Waals surface area (Å²) in [4.78, 5) is 45.9. The van der Waals surface area contributed by atoms with Crippen LogP contribution in [0.5, 0.6) is 5.75 Å². The molecular weight excluding hydrogens is 554 g/mol. The van der Waals surface area contributed by atoms with Crippen molar-refractivity contribution in [1.82, 2.24) is 0 Å². The van der Waals surface area contributed by atoms with Crippen LogP contribution in [0.3, 0.4) is 0 Å². The van der Waals surface area contributed by atoms with E-state index < -0.39 is 28.8 Å². The fraction of sp³-hybridized carbons (Fsp3) is 0.303. The molecule has 2 heterocycles. The highest BCUT2D eigenvalue weighted by Crippen LogP contribution is 2.62. The van der Waals surface area contributed by atoms with Crippen molar-refractivity contribution in [2.24, 2.45) is 10.8 Å². The zero-order chi connectivity index (χ0) is 27.7. The number of hydrogen-bond acceptors (Lipinski definition) is 5. The second kappa shape index (κ2) is 9.02. The summed E-state index contributed by atoms with van der Waals surface area (Å²) in [5.41, 5.74) is 1.05. The van der Waals surface area contributed by atoms with E-state index in [9.17, 15) is 14.4 Å². The number of nitrogens with zero attached hydrogens (tertiary/aromatic N) is 1. The number of hydrogen-bond donors (Lipinski definition) is 0. The van der Waals surface area contributed by atoms with E-state index in [4.69, 9.17) is 4.74 Å². The number of halogens is 1. The van der Waals surface area contributed by atoms with Gasteiger partial charge in [0.05, 0.1) is 18.7 Å². The van der Waals surface area contributed by atoms with Crippen LogP contribution in [0.2, 0.25) is 0 Å². The highest BCUT2D eigenvalue weighted by molar-refractivity contribution is 9.10. The summed E-state index contributed by atoms with van der Waals surface area (Å²) in [5, 5.41) is 0. The highest BCUT2D eigenvalue weighted by Gasteiger charge is 2.72. The molecule has 1 fully saturated rings. The monoisotopic (exact) mass is 583 g/mol. The molecule has 3 aliphatic rings. The average Bonchev–Trinajstić information content (AvgIpc) is 3.34. The number of ketones is 3. The Morgan fingerprint density at radius 2 is 1.62 bits per heavy atom. The molecule has 1 saturated heterocycles. The van der Waals surface area contributed by atoms with Gasteiger partial charge in [-0.05, 0) is 36.8 Å². The maximum Gasteiger partial charge on any atom is 0.180 e. The van der Waals surface area contributed by atoms with Crippen molar-refractivity contribution in [3.05, 3.63) is 99.5 Å². The third-order valence-corrected chi connectivity index (χ3v) is 8.82. The minimum atomic E-state index is -1.52. The maximum atomic E-state index is 14.7. The van der Waals surface area contributed by atoms with Crippen LogP contribution >= 0.6 is 15.9 Å². The smallest absolute Gasteiger partial charge is 0.180 e. The van der Waals surface area contributed by atoms with Crippen LogP contribution in [-0.2, 0) is 4.79 Å². The molecule has 2 aliphatic heterocycles. The van der Waals surface area contributed by atoms with Crippen molar-refractivity contribution in [2.75, 3.05) is 11.5 Å². The summed E-state index contributed by atoms with van der Waals surface area (Å²) in [5.74, 6) is -0.662. The van der Waals surface area contributed by atoms with Gasteiger partial charge in [-0.15, -0.1) is 0 Å². The minimum Gasteiger partial charge on any atom is -0.494 e. The van der Waals surface area contributed by atoms with Crippen molar-refractivity contribution in [3.8, 4) is 5.75 Å². The second-order valence-electron chi connectivity index (χ2n) is 11.5. The summed E-state index contributed by atoms with van der Waals surface area (Å²) in [6.45, 7) is 8.02. The van der Waals surface area contributed by atoms with Crippen molar-refractivity contribution in [2.45, 2.75) is 45.7 Å². The molecular formula is C33H30BrNO4.